The molecule has 0 aliphatic rings. The molecule has 2 aromatic heterocycles. The van der Waals surface area contributed by atoms with Crippen LogP contribution in [0.3, 0.4) is 0 Å². The van der Waals surface area contributed by atoms with E-state index >= 15 is 0 Å². The summed E-state index contributed by atoms with van der Waals surface area (Å²) in [6, 6.07) is 9.29. The number of halogens is 3. The first-order chi connectivity index (χ1) is 13.9. The summed E-state index contributed by atoms with van der Waals surface area (Å²) in [5.41, 5.74) is 2.70. The Labute approximate surface area is 175 Å². The van der Waals surface area contributed by atoms with Gasteiger partial charge in [-0.3, -0.25) is 9.78 Å². The molecule has 8 nitrogen and oxygen atoms in total. The maximum atomic E-state index is 13.3. The van der Waals surface area contributed by atoms with Gasteiger partial charge in [0.25, 0.3) is 5.91 Å². The van der Waals surface area contributed by atoms with E-state index in [0.717, 1.165) is 11.1 Å². The van der Waals surface area contributed by atoms with Gasteiger partial charge in [0.05, 0.1) is 13.1 Å². The zero-order chi connectivity index (χ0) is 21.0. The van der Waals surface area contributed by atoms with E-state index in [-0.39, 0.29) is 0 Å². The number of aliphatic hydroxyl groups is 1. The van der Waals surface area contributed by atoms with Gasteiger partial charge < -0.3 is 10.4 Å². The van der Waals surface area contributed by atoms with Crippen LogP contribution in [0.2, 0.25) is 0 Å². The van der Waals surface area contributed by atoms with Crippen molar-refractivity contribution in [2.75, 3.05) is 6.67 Å². The Morgan fingerprint density at radius 3 is 2.41 bits per heavy atom. The zero-order valence-electron chi connectivity index (χ0n) is 15.2. The number of nitrogens with one attached hydrogen (secondary N) is 1. The van der Waals surface area contributed by atoms with E-state index in [1.54, 1.807) is 43.6 Å². The number of tetrazole rings is 1. The molecule has 3 aromatic rings. The van der Waals surface area contributed by atoms with Crippen LogP contribution in [0.25, 0.3) is 22.6 Å². The van der Waals surface area contributed by atoms with Crippen LogP contribution >= 0.6 is 23.2 Å². The number of pyridine rings is 1. The average Bonchev–Trinajstić information content (AvgIpc) is 3.17. The molecule has 152 valence electrons. The van der Waals surface area contributed by atoms with Gasteiger partial charge in [-0.1, -0.05) is 53.5 Å². The van der Waals surface area contributed by atoms with Crippen molar-refractivity contribution in [1.82, 2.24) is 30.5 Å². The van der Waals surface area contributed by atoms with E-state index in [9.17, 15) is 14.3 Å². The van der Waals surface area contributed by atoms with Gasteiger partial charge in [0.15, 0.2) is 4.84 Å². The Bertz CT molecular complexity index is 965. The summed E-state index contributed by atoms with van der Waals surface area (Å²) in [7, 11) is 1.67. The molecular weight excluding hydrogens is 422 g/mol. The number of carbonyl (C=O) groups is 1. The minimum Gasteiger partial charge on any atom is -0.386 e. The van der Waals surface area contributed by atoms with Crippen LogP contribution in [0, 0.1) is 0 Å². The van der Waals surface area contributed by atoms with Gasteiger partial charge in [0, 0.05) is 11.8 Å². The third-order valence-corrected chi connectivity index (χ3v) is 4.56. The Balaban J connectivity index is 1.73. The second kappa shape index (κ2) is 9.25. The maximum absolute atomic E-state index is 13.3. The van der Waals surface area contributed by atoms with Crippen molar-refractivity contribution in [2.24, 2.45) is 7.05 Å². The van der Waals surface area contributed by atoms with Crippen LogP contribution < -0.4 is 5.32 Å². The number of benzene rings is 1. The number of amides is 1. The number of aryl methyl sites for hydroxylation is 1. The third-order valence-electron chi connectivity index (χ3n) is 4.16. The summed E-state index contributed by atoms with van der Waals surface area (Å²) in [6.07, 6.45) is 0.413. The number of hydrogen-bond acceptors (Lipinski definition) is 6. The van der Waals surface area contributed by atoms with Gasteiger partial charge in [0.1, 0.15) is 18.5 Å². The second-order valence-electron chi connectivity index (χ2n) is 6.17. The Morgan fingerprint density at radius 1 is 1.21 bits per heavy atom. The minimum atomic E-state index is -1.34. The summed E-state index contributed by atoms with van der Waals surface area (Å²) in [5, 5.41) is 24.4. The molecule has 0 unspecified atom stereocenters. The maximum Gasteiger partial charge on any atom is 0.253 e. The topological polar surface area (TPSA) is 106 Å². The van der Waals surface area contributed by atoms with Crippen molar-refractivity contribution in [2.45, 2.75) is 17.0 Å². The summed E-state index contributed by atoms with van der Waals surface area (Å²) >= 11 is 10.9. The lowest BCUT2D eigenvalue weighted by atomic mass is 9.99. The van der Waals surface area contributed by atoms with E-state index in [2.05, 4.69) is 25.7 Å². The van der Waals surface area contributed by atoms with Crippen molar-refractivity contribution < 1.29 is 14.3 Å². The molecule has 2 atom stereocenters. The van der Waals surface area contributed by atoms with Crippen LogP contribution in [0.5, 0.6) is 0 Å². The molecule has 0 spiro atoms. The second-order valence-corrected chi connectivity index (χ2v) is 7.27. The van der Waals surface area contributed by atoms with Crippen molar-refractivity contribution >= 4 is 29.1 Å². The van der Waals surface area contributed by atoms with Gasteiger partial charge in [-0.25, -0.2) is 4.39 Å². The quantitative estimate of drug-likeness (QED) is 0.547. The van der Waals surface area contributed by atoms with E-state index in [0.29, 0.717) is 17.1 Å². The van der Waals surface area contributed by atoms with Crippen molar-refractivity contribution in [3.8, 4) is 22.6 Å². The Kier molecular flexibility index (Phi) is 6.73. The molecule has 0 saturated heterocycles. The summed E-state index contributed by atoms with van der Waals surface area (Å²) in [5.74, 6) is -0.344. The molecule has 0 fully saturated rings. The van der Waals surface area contributed by atoms with Gasteiger partial charge in [-0.15, -0.1) is 10.2 Å². The monoisotopic (exact) mass is 438 g/mol. The van der Waals surface area contributed by atoms with Crippen molar-refractivity contribution in [3.63, 3.8) is 0 Å². The first-order valence-corrected chi connectivity index (χ1v) is 9.39. The fraction of sp³-hybridized carbons (Fsp3) is 0.278. The fourth-order valence-corrected chi connectivity index (χ4v) is 2.76. The smallest absolute Gasteiger partial charge is 0.253 e. The number of hydrogen-bond donors (Lipinski definition) is 2. The highest BCUT2D eigenvalue weighted by atomic mass is 35.5. The molecule has 2 N–H and O–H groups in total. The standard InChI is InChI=1S/C18H17Cl2FN6O2/c1-27-25-17(24-26-27)13-7-6-12(9-22-13)10-2-4-11(5-3-10)15(28)14(8-21)23-18(29)16(19)20/h2-7,9,14-16,28H,8H2,1H3,(H,23,29)/t14-,15-/m1/s1. The largest absolute Gasteiger partial charge is 0.386 e. The van der Waals surface area contributed by atoms with Crippen molar-refractivity contribution in [3.05, 3.63) is 48.2 Å². The van der Waals surface area contributed by atoms with Gasteiger partial charge in [-0.2, -0.15) is 4.80 Å². The van der Waals surface area contributed by atoms with Crippen LogP contribution in [0.15, 0.2) is 42.6 Å². The number of nitrogens with zero attached hydrogens (tertiary/aromatic N) is 5. The Morgan fingerprint density at radius 2 is 1.90 bits per heavy atom. The highest BCUT2D eigenvalue weighted by Gasteiger charge is 2.25. The lowest BCUT2D eigenvalue weighted by molar-refractivity contribution is -0.121. The Hall–Kier alpha value is -2.62. The molecule has 11 heteroatoms. The molecular formula is C18H17Cl2FN6O2. The minimum absolute atomic E-state index is 0.424. The van der Waals surface area contributed by atoms with Crippen LogP contribution in [-0.2, 0) is 11.8 Å². The number of carbonyl (C=O) groups excluding carboxylic acids is 1. The summed E-state index contributed by atoms with van der Waals surface area (Å²) in [6.45, 7) is -0.975. The van der Waals surface area contributed by atoms with Gasteiger partial charge in [-0.05, 0) is 22.4 Å². The molecule has 0 bridgehead atoms. The van der Waals surface area contributed by atoms with Crippen molar-refractivity contribution in [1.29, 1.82) is 0 Å². The first kappa shape index (κ1) is 21.1. The predicted octanol–water partition coefficient (Wildman–Crippen LogP) is 2.23. The highest BCUT2D eigenvalue weighted by Crippen LogP contribution is 2.24. The normalized spacial score (nSPS) is 13.3. The van der Waals surface area contributed by atoms with Crippen LogP contribution in [-0.4, -0.2) is 53.8 Å². The number of rotatable bonds is 7. The molecule has 0 aliphatic heterocycles. The fourth-order valence-electron chi connectivity index (χ4n) is 2.64. The van der Waals surface area contributed by atoms with E-state index < -0.39 is 29.6 Å². The summed E-state index contributed by atoms with van der Waals surface area (Å²) < 4.78 is 13.3. The molecule has 1 aromatic carbocycles. The van der Waals surface area contributed by atoms with Gasteiger partial charge >= 0.3 is 0 Å². The number of alkyl halides is 3. The molecule has 2 heterocycles. The molecule has 29 heavy (non-hydrogen) atoms. The average molecular weight is 439 g/mol. The lowest BCUT2D eigenvalue weighted by Gasteiger charge is -2.22. The molecule has 0 saturated carbocycles. The van der Waals surface area contributed by atoms with E-state index in [1.807, 2.05) is 6.07 Å². The number of aromatic nitrogens is 5. The van der Waals surface area contributed by atoms with Crippen LogP contribution in [0.1, 0.15) is 11.7 Å². The molecule has 3 rings (SSSR count). The van der Waals surface area contributed by atoms with Gasteiger partial charge in [0.2, 0.25) is 5.82 Å². The SMILES string of the molecule is Cn1nnc(-c2ccc(-c3ccc([C@@H](O)[C@@H](CF)NC(=O)C(Cl)Cl)cc3)cn2)n1. The lowest BCUT2D eigenvalue weighted by Crippen LogP contribution is -2.43. The first-order valence-electron chi connectivity index (χ1n) is 8.52. The molecule has 0 radical (unpaired) electrons. The number of aliphatic hydroxyl groups excluding tert-OH is 1. The summed E-state index contributed by atoms with van der Waals surface area (Å²) in [4.78, 5) is 15.9. The predicted molar refractivity (Wildman–Crippen MR) is 106 cm³/mol. The van der Waals surface area contributed by atoms with E-state index in [1.165, 1.54) is 4.80 Å². The third kappa shape index (κ3) is 5.06. The van der Waals surface area contributed by atoms with E-state index in [4.69, 9.17) is 23.2 Å². The molecule has 1 amide bonds. The molecule has 0 aliphatic carbocycles. The van der Waals surface area contributed by atoms with Crippen LogP contribution in [0.4, 0.5) is 4.39 Å². The highest BCUT2D eigenvalue weighted by molar-refractivity contribution is 6.53. The zero-order valence-corrected chi connectivity index (χ0v) is 16.7.